The van der Waals surface area contributed by atoms with Crippen molar-refractivity contribution in [3.8, 4) is 0 Å². The molecule has 5 nitrogen and oxygen atoms in total. The average molecular weight is 386 g/mol. The fourth-order valence-corrected chi connectivity index (χ4v) is 3.45. The fraction of sp³-hybridized carbons (Fsp3) is 0.476. The maximum absolute atomic E-state index is 5.92. The molecular formula is C21H28ClN5. The van der Waals surface area contributed by atoms with Gasteiger partial charge in [-0.05, 0) is 25.3 Å². The predicted octanol–water partition coefficient (Wildman–Crippen LogP) is 5.17. The zero-order chi connectivity index (χ0) is 19.2. The number of para-hydroxylation sites is 1. The van der Waals surface area contributed by atoms with Crippen molar-refractivity contribution < 1.29 is 0 Å². The van der Waals surface area contributed by atoms with Crippen molar-refractivity contribution in [2.24, 2.45) is 4.99 Å². The summed E-state index contributed by atoms with van der Waals surface area (Å²) in [5.41, 5.74) is 2.99. The summed E-state index contributed by atoms with van der Waals surface area (Å²) in [6.45, 7) is 3.14. The zero-order valence-corrected chi connectivity index (χ0v) is 17.2. The Morgan fingerprint density at radius 2 is 1.96 bits per heavy atom. The minimum absolute atomic E-state index is 0.686. The third kappa shape index (κ3) is 4.41. The molecule has 0 bridgehead atoms. The lowest BCUT2D eigenvalue weighted by molar-refractivity contribution is 0.606. The van der Waals surface area contributed by atoms with Crippen LogP contribution in [0.15, 0.2) is 29.3 Å². The molecular weight excluding hydrogens is 358 g/mol. The van der Waals surface area contributed by atoms with E-state index in [1.807, 2.05) is 31.1 Å². The van der Waals surface area contributed by atoms with Crippen LogP contribution in [0.25, 0.3) is 21.9 Å². The molecule has 2 heterocycles. The van der Waals surface area contributed by atoms with Gasteiger partial charge in [0.15, 0.2) is 5.82 Å². The number of hydrogen-bond acceptors (Lipinski definition) is 3. The Morgan fingerprint density at radius 3 is 2.70 bits per heavy atom. The quantitative estimate of drug-likeness (QED) is 0.221. The molecule has 0 saturated carbocycles. The van der Waals surface area contributed by atoms with E-state index in [0.29, 0.717) is 11.7 Å². The predicted molar refractivity (Wildman–Crippen MR) is 115 cm³/mol. The number of nitrogens with zero attached hydrogens (tertiary/aromatic N) is 5. The lowest BCUT2D eigenvalue weighted by Crippen LogP contribution is -2.07. The Balaban J connectivity index is 2.23. The number of benzene rings is 1. The minimum Gasteiger partial charge on any atom is -0.369 e. The summed E-state index contributed by atoms with van der Waals surface area (Å²) in [5, 5.41) is 1.14. The van der Waals surface area contributed by atoms with E-state index in [2.05, 4.69) is 28.6 Å². The van der Waals surface area contributed by atoms with Crippen LogP contribution >= 0.6 is 11.6 Å². The van der Waals surface area contributed by atoms with Crippen molar-refractivity contribution in [3.63, 3.8) is 0 Å². The highest BCUT2D eigenvalue weighted by Gasteiger charge is 2.17. The maximum Gasteiger partial charge on any atom is 0.182 e. The second kappa shape index (κ2) is 9.18. The first-order valence-electron chi connectivity index (χ1n) is 9.70. The second-order valence-corrected chi connectivity index (χ2v) is 7.42. The van der Waals surface area contributed by atoms with E-state index in [1.165, 1.54) is 0 Å². The van der Waals surface area contributed by atoms with Crippen molar-refractivity contribution in [1.82, 2.24) is 19.4 Å². The van der Waals surface area contributed by atoms with E-state index in [0.717, 1.165) is 66.4 Å². The van der Waals surface area contributed by atoms with Gasteiger partial charge in [-0.15, -0.1) is 11.6 Å². The van der Waals surface area contributed by atoms with Gasteiger partial charge in [0.1, 0.15) is 11.3 Å². The number of aryl methyl sites for hydroxylation is 2. The van der Waals surface area contributed by atoms with Crippen LogP contribution in [-0.4, -0.2) is 45.7 Å². The van der Waals surface area contributed by atoms with Gasteiger partial charge in [-0.25, -0.2) is 15.0 Å². The van der Waals surface area contributed by atoms with Crippen LogP contribution in [-0.2, 0) is 13.0 Å². The highest BCUT2D eigenvalue weighted by atomic mass is 35.5. The molecule has 0 saturated heterocycles. The number of aliphatic imine (C=N–C) groups is 1. The molecule has 6 heteroatoms. The van der Waals surface area contributed by atoms with Crippen LogP contribution in [0.2, 0.25) is 0 Å². The summed E-state index contributed by atoms with van der Waals surface area (Å²) in [5.74, 6) is 2.50. The summed E-state index contributed by atoms with van der Waals surface area (Å²) in [6, 6.07) is 8.26. The summed E-state index contributed by atoms with van der Waals surface area (Å²) >= 11 is 5.92. The standard InChI is InChI=1S/C21H28ClN5/c1-4-5-12-18-25-19-20(27(18)14-9-8-13-22)16-10-6-7-11-17(16)24-21(19)23-15-26(2)3/h6-7,10-11,15H,4-5,8-9,12-14H2,1-3H3/b23-15-. The van der Waals surface area contributed by atoms with Crippen LogP contribution in [0.1, 0.15) is 38.4 Å². The molecule has 0 amide bonds. The normalized spacial score (nSPS) is 11.9. The van der Waals surface area contributed by atoms with Gasteiger partial charge >= 0.3 is 0 Å². The summed E-state index contributed by atoms with van der Waals surface area (Å²) in [4.78, 5) is 16.3. The van der Waals surface area contributed by atoms with Gasteiger partial charge in [0, 0.05) is 38.3 Å². The number of hydrogen-bond donors (Lipinski definition) is 0. The van der Waals surface area contributed by atoms with Gasteiger partial charge in [0.2, 0.25) is 0 Å². The van der Waals surface area contributed by atoms with Crippen molar-refractivity contribution in [2.45, 2.75) is 45.6 Å². The fourth-order valence-electron chi connectivity index (χ4n) is 3.26. The molecule has 1 aromatic carbocycles. The number of imidazole rings is 1. The zero-order valence-electron chi connectivity index (χ0n) is 16.5. The lowest BCUT2D eigenvalue weighted by atomic mass is 10.2. The number of alkyl halides is 1. The minimum atomic E-state index is 0.686. The highest BCUT2D eigenvalue weighted by Crippen LogP contribution is 2.32. The highest BCUT2D eigenvalue weighted by molar-refractivity contribution is 6.17. The van der Waals surface area contributed by atoms with E-state index in [9.17, 15) is 0 Å². The van der Waals surface area contributed by atoms with E-state index in [1.54, 1.807) is 6.34 Å². The monoisotopic (exact) mass is 385 g/mol. The van der Waals surface area contributed by atoms with E-state index < -0.39 is 0 Å². The molecule has 0 fully saturated rings. The van der Waals surface area contributed by atoms with Crippen molar-refractivity contribution in [3.05, 3.63) is 30.1 Å². The van der Waals surface area contributed by atoms with E-state index in [4.69, 9.17) is 21.6 Å². The number of pyridine rings is 1. The molecule has 2 aromatic heterocycles. The second-order valence-electron chi connectivity index (χ2n) is 7.04. The topological polar surface area (TPSA) is 46.3 Å². The maximum atomic E-state index is 5.92. The first-order valence-corrected chi connectivity index (χ1v) is 10.2. The molecule has 0 unspecified atom stereocenters. The number of rotatable bonds is 9. The third-order valence-corrected chi connectivity index (χ3v) is 4.84. The summed E-state index contributed by atoms with van der Waals surface area (Å²) in [6.07, 6.45) is 7.08. The Kier molecular flexibility index (Phi) is 6.67. The molecule has 3 rings (SSSR count). The van der Waals surface area contributed by atoms with Crippen LogP contribution < -0.4 is 0 Å². The Bertz CT molecular complexity index is 929. The number of halogens is 1. The number of unbranched alkanes of at least 4 members (excludes halogenated alkanes) is 2. The van der Waals surface area contributed by atoms with Gasteiger partial charge in [-0.3, -0.25) is 0 Å². The average Bonchev–Trinajstić information content (AvgIpc) is 3.03. The van der Waals surface area contributed by atoms with E-state index >= 15 is 0 Å². The third-order valence-electron chi connectivity index (χ3n) is 4.57. The Labute approximate surface area is 166 Å². The summed E-state index contributed by atoms with van der Waals surface area (Å²) in [7, 11) is 3.92. The lowest BCUT2D eigenvalue weighted by Gasteiger charge is -2.10. The van der Waals surface area contributed by atoms with Gasteiger partial charge in [-0.1, -0.05) is 31.5 Å². The summed E-state index contributed by atoms with van der Waals surface area (Å²) < 4.78 is 2.37. The van der Waals surface area contributed by atoms with Gasteiger partial charge in [0.25, 0.3) is 0 Å². The van der Waals surface area contributed by atoms with Gasteiger partial charge in [-0.2, -0.15) is 0 Å². The molecule has 0 spiro atoms. The van der Waals surface area contributed by atoms with Crippen molar-refractivity contribution in [1.29, 1.82) is 0 Å². The largest absolute Gasteiger partial charge is 0.369 e. The molecule has 0 atom stereocenters. The first-order chi connectivity index (χ1) is 13.2. The molecule has 0 radical (unpaired) electrons. The van der Waals surface area contributed by atoms with Crippen LogP contribution in [0.3, 0.4) is 0 Å². The number of aromatic nitrogens is 3. The molecule has 0 aliphatic heterocycles. The molecule has 3 aromatic rings. The first kappa shape index (κ1) is 19.6. The van der Waals surface area contributed by atoms with Crippen molar-refractivity contribution in [2.75, 3.05) is 20.0 Å². The van der Waals surface area contributed by atoms with E-state index in [-0.39, 0.29) is 0 Å². The smallest absolute Gasteiger partial charge is 0.182 e. The Hall–Kier alpha value is -2.14. The molecule has 144 valence electrons. The number of fused-ring (bicyclic) bond motifs is 3. The molecule has 27 heavy (non-hydrogen) atoms. The van der Waals surface area contributed by atoms with Crippen LogP contribution in [0.5, 0.6) is 0 Å². The SMILES string of the molecule is CCCCc1nc2c(/N=C\N(C)C)nc3ccccc3c2n1CCCCCl. The van der Waals surface area contributed by atoms with Gasteiger partial charge < -0.3 is 9.47 Å². The molecule has 0 aliphatic carbocycles. The van der Waals surface area contributed by atoms with Crippen molar-refractivity contribution >= 4 is 45.7 Å². The van der Waals surface area contributed by atoms with Crippen LogP contribution in [0.4, 0.5) is 5.82 Å². The van der Waals surface area contributed by atoms with Crippen LogP contribution in [0, 0.1) is 0 Å². The molecule has 0 N–H and O–H groups in total. The molecule has 0 aliphatic rings. The van der Waals surface area contributed by atoms with Gasteiger partial charge in [0.05, 0.1) is 17.4 Å². The Morgan fingerprint density at radius 1 is 1.15 bits per heavy atom.